The Labute approximate surface area is 130 Å². The van der Waals surface area contributed by atoms with E-state index in [0.29, 0.717) is 17.8 Å². The number of rotatable bonds is 2. The third-order valence-electron chi connectivity index (χ3n) is 3.56. The van der Waals surface area contributed by atoms with Crippen molar-refractivity contribution >= 4 is 33.6 Å². The molecule has 21 heavy (non-hydrogen) atoms. The smallest absolute Gasteiger partial charge is 0.321 e. The van der Waals surface area contributed by atoms with Gasteiger partial charge in [-0.25, -0.2) is 4.79 Å². The molecule has 7 heteroatoms. The Bertz CT molecular complexity index is 626. The number of nitrogens with zero attached hydrogens (tertiary/aromatic N) is 2. The van der Waals surface area contributed by atoms with E-state index in [0.717, 1.165) is 4.47 Å². The molecule has 2 atom stereocenters. The molecule has 0 unspecified atom stereocenters. The lowest BCUT2D eigenvalue weighted by Gasteiger charge is -2.17. The van der Waals surface area contributed by atoms with E-state index < -0.39 is 11.9 Å². The summed E-state index contributed by atoms with van der Waals surface area (Å²) in [5.74, 6) is -1.53. The minimum atomic E-state index is -0.891. The third-order valence-corrected chi connectivity index (χ3v) is 4.05. The zero-order valence-corrected chi connectivity index (χ0v) is 12.9. The van der Waals surface area contributed by atoms with Crippen LogP contribution in [0.5, 0.6) is 0 Å². The molecule has 6 nitrogen and oxygen atoms in total. The van der Waals surface area contributed by atoms with E-state index in [4.69, 9.17) is 10.4 Å². The van der Waals surface area contributed by atoms with Crippen LogP contribution in [0, 0.1) is 23.2 Å². The molecule has 1 fully saturated rings. The van der Waals surface area contributed by atoms with Crippen molar-refractivity contribution in [2.45, 2.75) is 6.92 Å². The summed E-state index contributed by atoms with van der Waals surface area (Å²) in [6, 6.07) is 6.58. The maximum atomic E-state index is 12.2. The second kappa shape index (κ2) is 6.14. The van der Waals surface area contributed by atoms with Gasteiger partial charge < -0.3 is 15.3 Å². The molecule has 0 saturated carbocycles. The molecule has 1 aliphatic heterocycles. The van der Waals surface area contributed by atoms with Crippen LogP contribution in [-0.2, 0) is 4.79 Å². The van der Waals surface area contributed by atoms with Crippen molar-refractivity contribution in [1.29, 1.82) is 5.26 Å². The number of hydrogen-bond donors (Lipinski definition) is 2. The van der Waals surface area contributed by atoms with Crippen molar-refractivity contribution in [2.24, 2.45) is 11.8 Å². The lowest BCUT2D eigenvalue weighted by molar-refractivity contribution is -0.142. The number of carbonyl (C=O) groups is 2. The molecule has 1 aromatic carbocycles. The highest BCUT2D eigenvalue weighted by atomic mass is 79.9. The molecule has 1 aliphatic rings. The molecular weight excluding hydrogens is 338 g/mol. The largest absolute Gasteiger partial charge is 0.481 e. The summed E-state index contributed by atoms with van der Waals surface area (Å²) in [5.41, 5.74) is 0.761. The third kappa shape index (κ3) is 3.34. The van der Waals surface area contributed by atoms with Crippen molar-refractivity contribution < 1.29 is 14.7 Å². The van der Waals surface area contributed by atoms with Crippen molar-refractivity contribution in [1.82, 2.24) is 4.90 Å². The zero-order valence-electron chi connectivity index (χ0n) is 11.3. The summed E-state index contributed by atoms with van der Waals surface area (Å²) in [6.45, 7) is 2.38. The van der Waals surface area contributed by atoms with E-state index in [1.165, 1.54) is 4.90 Å². The number of halogens is 1. The monoisotopic (exact) mass is 351 g/mol. The SMILES string of the molecule is C[C@@H]1CN(C(=O)Nc2cc(Br)ccc2C#N)C[C@H]1C(=O)O. The van der Waals surface area contributed by atoms with Gasteiger partial charge in [0.25, 0.3) is 0 Å². The number of nitrogens with one attached hydrogen (secondary N) is 1. The minimum Gasteiger partial charge on any atom is -0.481 e. The number of nitriles is 1. The van der Waals surface area contributed by atoms with Crippen LogP contribution < -0.4 is 5.32 Å². The molecule has 0 spiro atoms. The van der Waals surface area contributed by atoms with Crippen molar-refractivity contribution in [3.05, 3.63) is 28.2 Å². The molecular formula is C14H14BrN3O3. The van der Waals surface area contributed by atoms with Crippen molar-refractivity contribution in [3.63, 3.8) is 0 Å². The summed E-state index contributed by atoms with van der Waals surface area (Å²) in [4.78, 5) is 24.7. The Morgan fingerprint density at radius 1 is 1.48 bits per heavy atom. The van der Waals surface area contributed by atoms with Gasteiger partial charge in [-0.3, -0.25) is 4.79 Å². The number of carboxylic acid groups (broad SMARTS) is 1. The Morgan fingerprint density at radius 2 is 2.19 bits per heavy atom. The number of anilines is 1. The van der Waals surface area contributed by atoms with Crippen LogP contribution in [0.1, 0.15) is 12.5 Å². The number of benzene rings is 1. The van der Waals surface area contributed by atoms with E-state index >= 15 is 0 Å². The molecule has 1 saturated heterocycles. The van der Waals surface area contributed by atoms with Gasteiger partial charge in [-0.1, -0.05) is 22.9 Å². The summed E-state index contributed by atoms with van der Waals surface area (Å²) in [6.07, 6.45) is 0. The van der Waals surface area contributed by atoms with E-state index in [-0.39, 0.29) is 18.5 Å². The lowest BCUT2D eigenvalue weighted by Crippen LogP contribution is -2.34. The highest BCUT2D eigenvalue weighted by Crippen LogP contribution is 2.25. The summed E-state index contributed by atoms with van der Waals surface area (Å²) >= 11 is 3.29. The first-order valence-electron chi connectivity index (χ1n) is 6.40. The number of aliphatic carboxylic acids is 1. The Balaban J connectivity index is 2.11. The fourth-order valence-corrected chi connectivity index (χ4v) is 2.73. The van der Waals surface area contributed by atoms with Gasteiger partial charge in [-0.05, 0) is 24.1 Å². The highest BCUT2D eigenvalue weighted by molar-refractivity contribution is 9.10. The average molecular weight is 352 g/mol. The standard InChI is InChI=1S/C14H14BrN3O3/c1-8-6-18(7-11(8)13(19)20)14(21)17-12-4-10(15)3-2-9(12)5-16/h2-4,8,11H,6-7H2,1H3,(H,17,21)(H,19,20)/t8-,11-/m1/s1. The molecule has 0 aromatic heterocycles. The number of amides is 2. The number of carbonyl (C=O) groups excluding carboxylic acids is 1. The summed E-state index contributed by atoms with van der Waals surface area (Å²) in [7, 11) is 0. The van der Waals surface area contributed by atoms with Gasteiger partial charge in [-0.2, -0.15) is 5.26 Å². The summed E-state index contributed by atoms with van der Waals surface area (Å²) in [5, 5.41) is 20.8. The molecule has 1 heterocycles. The minimum absolute atomic E-state index is 0.0915. The first-order chi connectivity index (χ1) is 9.92. The maximum absolute atomic E-state index is 12.2. The van der Waals surface area contributed by atoms with E-state index in [1.807, 2.05) is 13.0 Å². The lowest BCUT2D eigenvalue weighted by atomic mass is 9.99. The second-order valence-corrected chi connectivity index (χ2v) is 5.97. The normalized spacial score (nSPS) is 20.9. The first-order valence-corrected chi connectivity index (χ1v) is 7.20. The highest BCUT2D eigenvalue weighted by Gasteiger charge is 2.37. The van der Waals surface area contributed by atoms with E-state index in [9.17, 15) is 9.59 Å². The predicted octanol–water partition coefficient (Wildman–Crippen LogP) is 2.51. The zero-order chi connectivity index (χ0) is 15.6. The van der Waals surface area contributed by atoms with Crippen LogP contribution in [-0.4, -0.2) is 35.1 Å². The molecule has 2 amide bonds. The van der Waals surface area contributed by atoms with Crippen molar-refractivity contribution in [3.8, 4) is 6.07 Å². The van der Waals surface area contributed by atoms with E-state index in [2.05, 4.69) is 21.2 Å². The molecule has 1 aromatic rings. The van der Waals surface area contributed by atoms with Gasteiger partial charge in [0, 0.05) is 17.6 Å². The Hall–Kier alpha value is -2.07. The van der Waals surface area contributed by atoms with Crippen LogP contribution in [0.3, 0.4) is 0 Å². The van der Waals surface area contributed by atoms with Gasteiger partial charge in [0.1, 0.15) is 6.07 Å². The number of urea groups is 1. The van der Waals surface area contributed by atoms with Crippen molar-refractivity contribution in [2.75, 3.05) is 18.4 Å². The van der Waals surface area contributed by atoms with Crippen LogP contribution >= 0.6 is 15.9 Å². The van der Waals surface area contributed by atoms with Crippen LogP contribution in [0.25, 0.3) is 0 Å². The Morgan fingerprint density at radius 3 is 2.76 bits per heavy atom. The molecule has 0 aliphatic carbocycles. The molecule has 2 N–H and O–H groups in total. The topological polar surface area (TPSA) is 93.4 Å². The van der Waals surface area contributed by atoms with Gasteiger partial charge in [0.2, 0.25) is 0 Å². The summed E-state index contributed by atoms with van der Waals surface area (Å²) < 4.78 is 0.745. The van der Waals surface area contributed by atoms with Gasteiger partial charge in [0.15, 0.2) is 0 Å². The first kappa shape index (κ1) is 15.3. The quantitative estimate of drug-likeness (QED) is 0.855. The van der Waals surface area contributed by atoms with Crippen LogP contribution in [0.15, 0.2) is 22.7 Å². The van der Waals surface area contributed by atoms with Gasteiger partial charge >= 0.3 is 12.0 Å². The van der Waals surface area contributed by atoms with E-state index in [1.54, 1.807) is 18.2 Å². The number of carboxylic acids is 1. The maximum Gasteiger partial charge on any atom is 0.321 e. The number of hydrogen-bond acceptors (Lipinski definition) is 3. The predicted molar refractivity (Wildman–Crippen MR) is 79.7 cm³/mol. The number of likely N-dealkylation sites (tertiary alicyclic amines) is 1. The Kier molecular flexibility index (Phi) is 4.48. The van der Waals surface area contributed by atoms with Crippen LogP contribution in [0.4, 0.5) is 10.5 Å². The van der Waals surface area contributed by atoms with Gasteiger partial charge in [-0.15, -0.1) is 0 Å². The molecule has 110 valence electrons. The fraction of sp³-hybridized carbons (Fsp3) is 0.357. The average Bonchev–Trinajstić information content (AvgIpc) is 2.81. The molecule has 0 bridgehead atoms. The van der Waals surface area contributed by atoms with Crippen LogP contribution in [0.2, 0.25) is 0 Å². The molecule has 0 radical (unpaired) electrons. The fourth-order valence-electron chi connectivity index (χ4n) is 2.37. The van der Waals surface area contributed by atoms with Gasteiger partial charge in [0.05, 0.1) is 17.2 Å². The molecule has 2 rings (SSSR count). The second-order valence-electron chi connectivity index (χ2n) is 5.06.